The minimum absolute atomic E-state index is 0.0213. The summed E-state index contributed by atoms with van der Waals surface area (Å²) >= 11 is 0. The quantitative estimate of drug-likeness (QED) is 0.643. The fourth-order valence-corrected chi connectivity index (χ4v) is 2.88. The van der Waals surface area contributed by atoms with Gasteiger partial charge in [0.25, 0.3) is 0 Å². The Balaban J connectivity index is 2.03. The summed E-state index contributed by atoms with van der Waals surface area (Å²) in [5.41, 5.74) is 3.29. The molecule has 5 heteroatoms. The Bertz CT molecular complexity index is 718. The number of aliphatic hydroxyl groups excluding tert-OH is 1. The number of halogens is 1. The normalized spacial score (nSPS) is 12.2. The molecule has 0 saturated carbocycles. The Labute approximate surface area is 160 Å². The average molecular weight is 373 g/mol. The third-order valence-corrected chi connectivity index (χ3v) is 4.33. The number of rotatable bonds is 10. The lowest BCUT2D eigenvalue weighted by Crippen LogP contribution is -2.35. The van der Waals surface area contributed by atoms with Crippen molar-refractivity contribution < 1.29 is 19.0 Å². The monoisotopic (exact) mass is 373 g/mol. The van der Waals surface area contributed by atoms with Crippen LogP contribution in [0.4, 0.5) is 4.39 Å². The minimum atomic E-state index is -0.782. The van der Waals surface area contributed by atoms with Crippen LogP contribution in [0.15, 0.2) is 48.5 Å². The van der Waals surface area contributed by atoms with Crippen molar-refractivity contribution in [2.24, 2.45) is 0 Å². The fourth-order valence-electron chi connectivity index (χ4n) is 2.88. The molecule has 1 atom stereocenters. The van der Waals surface area contributed by atoms with Crippen LogP contribution in [0.1, 0.15) is 36.5 Å². The van der Waals surface area contributed by atoms with Crippen molar-refractivity contribution in [3.05, 3.63) is 71.0 Å². The number of carbonyl (C=O) groups is 1. The van der Waals surface area contributed by atoms with E-state index >= 15 is 0 Å². The van der Waals surface area contributed by atoms with Crippen molar-refractivity contribution in [1.29, 1.82) is 0 Å². The maximum atomic E-state index is 13.2. The first-order chi connectivity index (χ1) is 13.0. The number of aliphatic hydroxyl groups is 1. The van der Waals surface area contributed by atoms with Crippen LogP contribution in [-0.2, 0) is 22.6 Å². The summed E-state index contributed by atoms with van der Waals surface area (Å²) in [4.78, 5) is 13.6. The highest BCUT2D eigenvalue weighted by molar-refractivity contribution is 5.69. The van der Waals surface area contributed by atoms with Gasteiger partial charge in [0, 0.05) is 26.1 Å². The average Bonchev–Trinajstić information content (AvgIpc) is 2.64. The summed E-state index contributed by atoms with van der Waals surface area (Å²) in [6, 6.07) is 14.4. The van der Waals surface area contributed by atoms with Crippen LogP contribution in [0.25, 0.3) is 0 Å². The van der Waals surface area contributed by atoms with Gasteiger partial charge in [0.15, 0.2) is 0 Å². The summed E-state index contributed by atoms with van der Waals surface area (Å²) in [7, 11) is 0. The largest absolute Gasteiger partial charge is 0.463 e. The first kappa shape index (κ1) is 21.1. The lowest BCUT2D eigenvalue weighted by Gasteiger charge is -2.26. The molecule has 0 unspecified atom stereocenters. The predicted molar refractivity (Wildman–Crippen MR) is 104 cm³/mol. The van der Waals surface area contributed by atoms with E-state index in [2.05, 4.69) is 11.0 Å². The SMILES string of the molecule is CCCC(=O)OC[C@H](O)CN(Cc1ccc(F)cc1)Cc1ccccc1C. The Morgan fingerprint density at radius 2 is 1.85 bits per heavy atom. The van der Waals surface area contributed by atoms with Gasteiger partial charge in [-0.15, -0.1) is 0 Å². The molecule has 0 heterocycles. The van der Waals surface area contributed by atoms with E-state index in [0.717, 1.165) is 17.5 Å². The minimum Gasteiger partial charge on any atom is -0.463 e. The van der Waals surface area contributed by atoms with Crippen LogP contribution in [0.5, 0.6) is 0 Å². The van der Waals surface area contributed by atoms with E-state index in [9.17, 15) is 14.3 Å². The number of hydrogen-bond donors (Lipinski definition) is 1. The molecule has 0 radical (unpaired) electrons. The van der Waals surface area contributed by atoms with Crippen LogP contribution in [0.2, 0.25) is 0 Å². The molecular weight excluding hydrogens is 345 g/mol. The molecule has 0 aliphatic carbocycles. The molecule has 27 heavy (non-hydrogen) atoms. The molecule has 1 N–H and O–H groups in total. The summed E-state index contributed by atoms with van der Waals surface area (Å²) in [6.45, 7) is 5.49. The number of esters is 1. The molecule has 0 bridgehead atoms. The van der Waals surface area contributed by atoms with Crippen LogP contribution in [0.3, 0.4) is 0 Å². The molecule has 4 nitrogen and oxygen atoms in total. The molecule has 0 fully saturated rings. The fraction of sp³-hybridized carbons (Fsp3) is 0.409. The van der Waals surface area contributed by atoms with Gasteiger partial charge in [-0.05, 0) is 42.2 Å². The number of carbonyl (C=O) groups excluding carboxylic acids is 1. The first-order valence-corrected chi connectivity index (χ1v) is 9.33. The van der Waals surface area contributed by atoms with Crippen molar-refractivity contribution in [2.75, 3.05) is 13.2 Å². The Hall–Kier alpha value is -2.24. The molecule has 146 valence electrons. The molecule has 0 saturated heterocycles. The summed E-state index contributed by atoms with van der Waals surface area (Å²) in [6.07, 6.45) is 0.295. The topological polar surface area (TPSA) is 49.8 Å². The second-order valence-corrected chi connectivity index (χ2v) is 6.81. The van der Waals surface area contributed by atoms with E-state index in [-0.39, 0.29) is 18.4 Å². The molecule has 0 aromatic heterocycles. The van der Waals surface area contributed by atoms with Gasteiger partial charge < -0.3 is 9.84 Å². The second kappa shape index (κ2) is 10.8. The van der Waals surface area contributed by atoms with Gasteiger partial charge in [-0.25, -0.2) is 4.39 Å². The molecule has 2 aromatic carbocycles. The van der Waals surface area contributed by atoms with E-state index in [4.69, 9.17) is 4.74 Å². The van der Waals surface area contributed by atoms with Gasteiger partial charge in [0.2, 0.25) is 0 Å². The maximum Gasteiger partial charge on any atom is 0.305 e. The molecule has 0 aliphatic rings. The van der Waals surface area contributed by atoms with Gasteiger partial charge in [0.1, 0.15) is 18.5 Å². The van der Waals surface area contributed by atoms with E-state index in [1.54, 1.807) is 12.1 Å². The highest BCUT2D eigenvalue weighted by atomic mass is 19.1. The Kier molecular flexibility index (Phi) is 8.43. The van der Waals surface area contributed by atoms with Gasteiger partial charge in [0.05, 0.1) is 0 Å². The number of nitrogens with zero attached hydrogens (tertiary/aromatic N) is 1. The molecule has 0 aliphatic heterocycles. The van der Waals surface area contributed by atoms with Crippen molar-refractivity contribution >= 4 is 5.97 Å². The number of hydrogen-bond acceptors (Lipinski definition) is 4. The third kappa shape index (κ3) is 7.49. The molecule has 2 rings (SSSR count). The van der Waals surface area contributed by atoms with Gasteiger partial charge >= 0.3 is 5.97 Å². The lowest BCUT2D eigenvalue weighted by molar-refractivity contribution is -0.147. The first-order valence-electron chi connectivity index (χ1n) is 9.33. The standard InChI is InChI=1S/C22H28FNO3/c1-3-6-22(26)27-16-21(25)15-24(13-18-9-11-20(23)12-10-18)14-19-8-5-4-7-17(19)2/h4-5,7-12,21,25H,3,6,13-16H2,1-2H3/t21-/m1/s1. The maximum absolute atomic E-state index is 13.2. The van der Waals surface area contributed by atoms with E-state index in [0.29, 0.717) is 26.1 Å². The van der Waals surface area contributed by atoms with Crippen LogP contribution >= 0.6 is 0 Å². The summed E-state index contributed by atoms with van der Waals surface area (Å²) in [5.74, 6) is -0.562. The predicted octanol–water partition coefficient (Wildman–Crippen LogP) is 3.84. The van der Waals surface area contributed by atoms with Crippen molar-refractivity contribution in [3.63, 3.8) is 0 Å². The highest BCUT2D eigenvalue weighted by Crippen LogP contribution is 2.14. The molecule has 2 aromatic rings. The zero-order valence-corrected chi connectivity index (χ0v) is 16.0. The summed E-state index contributed by atoms with van der Waals surface area (Å²) < 4.78 is 18.3. The van der Waals surface area contributed by atoms with Gasteiger partial charge in [-0.1, -0.05) is 43.3 Å². The zero-order valence-electron chi connectivity index (χ0n) is 16.0. The van der Waals surface area contributed by atoms with Gasteiger partial charge in [-0.2, -0.15) is 0 Å². The molecule has 0 amide bonds. The number of aryl methyl sites for hydroxylation is 1. The lowest BCUT2D eigenvalue weighted by atomic mass is 10.1. The van der Waals surface area contributed by atoms with Crippen molar-refractivity contribution in [1.82, 2.24) is 4.90 Å². The van der Waals surface area contributed by atoms with Gasteiger partial charge in [-0.3, -0.25) is 9.69 Å². The third-order valence-electron chi connectivity index (χ3n) is 4.33. The van der Waals surface area contributed by atoms with E-state index < -0.39 is 6.10 Å². The van der Waals surface area contributed by atoms with Crippen molar-refractivity contribution in [2.45, 2.75) is 45.9 Å². The van der Waals surface area contributed by atoms with Crippen LogP contribution < -0.4 is 0 Å². The van der Waals surface area contributed by atoms with Crippen molar-refractivity contribution in [3.8, 4) is 0 Å². The van der Waals surface area contributed by atoms with E-state index in [1.165, 1.54) is 17.7 Å². The Morgan fingerprint density at radius 3 is 2.52 bits per heavy atom. The van der Waals surface area contributed by atoms with Crippen LogP contribution in [0, 0.1) is 12.7 Å². The zero-order chi connectivity index (χ0) is 19.6. The smallest absolute Gasteiger partial charge is 0.305 e. The van der Waals surface area contributed by atoms with Crippen LogP contribution in [-0.4, -0.2) is 35.2 Å². The molecular formula is C22H28FNO3. The number of ether oxygens (including phenoxy) is 1. The highest BCUT2D eigenvalue weighted by Gasteiger charge is 2.16. The second-order valence-electron chi connectivity index (χ2n) is 6.81. The number of benzene rings is 2. The van der Waals surface area contributed by atoms with E-state index in [1.807, 2.05) is 32.0 Å². The molecule has 0 spiro atoms. The Morgan fingerprint density at radius 1 is 1.15 bits per heavy atom. The summed E-state index contributed by atoms with van der Waals surface area (Å²) in [5, 5.41) is 10.3.